The second-order valence-corrected chi connectivity index (χ2v) is 10.0. The predicted octanol–water partition coefficient (Wildman–Crippen LogP) is 4.86. The van der Waals surface area contributed by atoms with Gasteiger partial charge in [0, 0.05) is 29.6 Å². The minimum atomic E-state index is -0.921. The summed E-state index contributed by atoms with van der Waals surface area (Å²) in [4.78, 5) is 13.5. The average Bonchev–Trinajstić information content (AvgIpc) is 3.27. The Balaban J connectivity index is 1.44. The van der Waals surface area contributed by atoms with Gasteiger partial charge in [0.25, 0.3) is 0 Å². The largest absolute Gasteiger partial charge is 0.486 e. The molecule has 0 unspecified atom stereocenters. The van der Waals surface area contributed by atoms with Crippen LogP contribution in [0.15, 0.2) is 42.5 Å². The van der Waals surface area contributed by atoms with Crippen LogP contribution in [-0.2, 0) is 16.8 Å². The number of carboxylic acids is 1. The SMILES string of the molecule is CN(C)C1(c2ccccc2)CCC(Cc2cc(Cl)cc(O[C@@H]3CN[C@H](C(=O)O)C3)c2F)CC1. The van der Waals surface area contributed by atoms with E-state index in [1.165, 1.54) is 11.6 Å². The first-order valence-corrected chi connectivity index (χ1v) is 12.0. The number of ether oxygens (including phenoxy) is 1. The summed E-state index contributed by atoms with van der Waals surface area (Å²) in [5.41, 5.74) is 1.91. The van der Waals surface area contributed by atoms with Gasteiger partial charge in [0.05, 0.1) is 0 Å². The van der Waals surface area contributed by atoms with Crippen LogP contribution in [0.5, 0.6) is 5.75 Å². The maximum atomic E-state index is 15.3. The molecule has 0 aromatic heterocycles. The lowest BCUT2D eigenvalue weighted by atomic mass is 9.70. The fourth-order valence-corrected chi connectivity index (χ4v) is 5.66. The standard InChI is InChI=1S/C26H32ClFN2O3/c1-30(2)26(19-6-4-3-5-7-19)10-8-17(9-11-26)12-18-13-20(27)14-23(24(18)28)33-21-15-22(25(31)32)29-16-21/h3-7,13-14,17,21-22,29H,8-12,15-16H2,1-2H3,(H,31,32)/t17?,21-,22-,26?/m0/s1. The molecule has 4 rings (SSSR count). The van der Waals surface area contributed by atoms with Crippen molar-refractivity contribution < 1.29 is 19.0 Å². The van der Waals surface area contributed by atoms with Crippen LogP contribution in [-0.4, -0.2) is 48.8 Å². The van der Waals surface area contributed by atoms with Crippen LogP contribution in [0.3, 0.4) is 0 Å². The van der Waals surface area contributed by atoms with Crippen LogP contribution in [0, 0.1) is 11.7 Å². The third-order valence-electron chi connectivity index (χ3n) is 7.37. The van der Waals surface area contributed by atoms with Gasteiger partial charge in [-0.2, -0.15) is 0 Å². The molecule has 1 heterocycles. The van der Waals surface area contributed by atoms with Gasteiger partial charge in [-0.15, -0.1) is 0 Å². The van der Waals surface area contributed by atoms with Crippen LogP contribution in [0.1, 0.15) is 43.2 Å². The monoisotopic (exact) mass is 474 g/mol. The summed E-state index contributed by atoms with van der Waals surface area (Å²) < 4.78 is 21.2. The van der Waals surface area contributed by atoms with E-state index < -0.39 is 18.1 Å². The molecule has 5 nitrogen and oxygen atoms in total. The molecule has 7 heteroatoms. The van der Waals surface area contributed by atoms with Crippen LogP contribution >= 0.6 is 11.6 Å². The van der Waals surface area contributed by atoms with Crippen molar-refractivity contribution in [1.29, 1.82) is 0 Å². The number of halogens is 2. The number of nitrogens with zero attached hydrogens (tertiary/aromatic N) is 1. The zero-order valence-electron chi connectivity index (χ0n) is 19.2. The molecule has 2 aromatic carbocycles. The van der Waals surface area contributed by atoms with E-state index in [0.717, 1.165) is 25.7 Å². The normalized spacial score (nSPS) is 27.6. The number of carboxylic acid groups (broad SMARTS) is 1. The van der Waals surface area contributed by atoms with Crippen LogP contribution in [0.4, 0.5) is 4.39 Å². The highest BCUT2D eigenvalue weighted by atomic mass is 35.5. The van der Waals surface area contributed by atoms with Crippen molar-refractivity contribution in [2.75, 3.05) is 20.6 Å². The summed E-state index contributed by atoms with van der Waals surface area (Å²) in [6.45, 7) is 0.368. The van der Waals surface area contributed by atoms with Gasteiger partial charge in [0.2, 0.25) is 0 Å². The Bertz CT molecular complexity index is 977. The van der Waals surface area contributed by atoms with Gasteiger partial charge in [-0.3, -0.25) is 9.69 Å². The molecule has 1 aliphatic heterocycles. The Kier molecular flexibility index (Phi) is 7.27. The van der Waals surface area contributed by atoms with Crippen LogP contribution < -0.4 is 10.1 Å². The van der Waals surface area contributed by atoms with E-state index in [1.807, 2.05) is 6.07 Å². The molecular formula is C26H32ClFN2O3. The van der Waals surface area contributed by atoms with Crippen molar-refractivity contribution in [2.45, 2.75) is 56.2 Å². The van der Waals surface area contributed by atoms with E-state index in [9.17, 15) is 4.79 Å². The fraction of sp³-hybridized carbons (Fsp3) is 0.500. The van der Waals surface area contributed by atoms with E-state index >= 15 is 4.39 Å². The summed E-state index contributed by atoms with van der Waals surface area (Å²) in [6.07, 6.45) is 4.56. The summed E-state index contributed by atoms with van der Waals surface area (Å²) in [6, 6.07) is 13.1. The van der Waals surface area contributed by atoms with Crippen molar-refractivity contribution in [3.63, 3.8) is 0 Å². The Hall–Kier alpha value is -2.15. The smallest absolute Gasteiger partial charge is 0.320 e. The molecule has 2 aliphatic rings. The highest BCUT2D eigenvalue weighted by Gasteiger charge is 2.39. The third kappa shape index (κ3) is 5.18. The molecule has 2 aromatic rings. The van der Waals surface area contributed by atoms with E-state index in [1.54, 1.807) is 6.07 Å². The molecule has 2 N–H and O–H groups in total. The minimum absolute atomic E-state index is 0.00899. The third-order valence-corrected chi connectivity index (χ3v) is 7.59. The molecule has 1 saturated heterocycles. The minimum Gasteiger partial charge on any atom is -0.486 e. The van der Waals surface area contributed by atoms with E-state index in [0.29, 0.717) is 35.9 Å². The Morgan fingerprint density at radius 3 is 2.55 bits per heavy atom. The molecule has 0 bridgehead atoms. The average molecular weight is 475 g/mol. The Morgan fingerprint density at radius 1 is 1.24 bits per heavy atom. The molecular weight excluding hydrogens is 443 g/mol. The summed E-state index contributed by atoms with van der Waals surface area (Å²) in [5, 5.41) is 12.5. The Labute approximate surface area is 199 Å². The zero-order chi connectivity index (χ0) is 23.6. The molecule has 0 spiro atoms. The van der Waals surface area contributed by atoms with Gasteiger partial charge in [0.1, 0.15) is 12.1 Å². The number of aliphatic carboxylic acids is 1. The first kappa shape index (κ1) is 24.0. The van der Waals surface area contributed by atoms with Crippen LogP contribution in [0.2, 0.25) is 5.02 Å². The summed E-state index contributed by atoms with van der Waals surface area (Å²) in [5.74, 6) is -0.828. The first-order chi connectivity index (χ1) is 15.8. The topological polar surface area (TPSA) is 61.8 Å². The number of carbonyl (C=O) groups is 1. The second kappa shape index (κ2) is 10.00. The summed E-state index contributed by atoms with van der Waals surface area (Å²) in [7, 11) is 4.28. The lowest BCUT2D eigenvalue weighted by Crippen LogP contribution is -2.44. The van der Waals surface area contributed by atoms with Gasteiger partial charge in [0.15, 0.2) is 11.6 Å². The van der Waals surface area contributed by atoms with E-state index in [4.69, 9.17) is 21.4 Å². The van der Waals surface area contributed by atoms with Gasteiger partial charge >= 0.3 is 5.97 Å². The van der Waals surface area contributed by atoms with Crippen LogP contribution in [0.25, 0.3) is 0 Å². The first-order valence-electron chi connectivity index (χ1n) is 11.6. The molecule has 2 atom stereocenters. The van der Waals surface area contributed by atoms with Crippen molar-refractivity contribution in [3.05, 3.63) is 64.4 Å². The quantitative estimate of drug-likeness (QED) is 0.600. The zero-order valence-corrected chi connectivity index (χ0v) is 19.9. The highest BCUT2D eigenvalue weighted by Crippen LogP contribution is 2.44. The number of hydrogen-bond acceptors (Lipinski definition) is 4. The molecule has 1 aliphatic carbocycles. The van der Waals surface area contributed by atoms with Gasteiger partial charge < -0.3 is 15.2 Å². The van der Waals surface area contributed by atoms with Crippen molar-refractivity contribution in [3.8, 4) is 5.75 Å². The number of rotatable bonds is 7. The molecule has 33 heavy (non-hydrogen) atoms. The molecule has 1 saturated carbocycles. The lowest BCUT2D eigenvalue weighted by molar-refractivity contribution is -0.139. The summed E-state index contributed by atoms with van der Waals surface area (Å²) >= 11 is 6.31. The maximum Gasteiger partial charge on any atom is 0.320 e. The molecule has 2 fully saturated rings. The van der Waals surface area contributed by atoms with Crippen molar-refractivity contribution in [2.24, 2.45) is 5.92 Å². The number of nitrogens with one attached hydrogen (secondary N) is 1. The fourth-order valence-electron chi connectivity index (χ4n) is 5.43. The predicted molar refractivity (Wildman–Crippen MR) is 127 cm³/mol. The molecule has 178 valence electrons. The Morgan fingerprint density at radius 2 is 1.94 bits per heavy atom. The number of hydrogen-bond donors (Lipinski definition) is 2. The van der Waals surface area contributed by atoms with Crippen molar-refractivity contribution in [1.82, 2.24) is 10.2 Å². The van der Waals surface area contributed by atoms with Gasteiger partial charge in [-0.1, -0.05) is 41.9 Å². The van der Waals surface area contributed by atoms with E-state index in [-0.39, 0.29) is 17.1 Å². The second-order valence-electron chi connectivity index (χ2n) is 9.59. The molecule has 0 radical (unpaired) electrons. The van der Waals surface area contributed by atoms with Crippen molar-refractivity contribution >= 4 is 17.6 Å². The van der Waals surface area contributed by atoms with Gasteiger partial charge in [-0.25, -0.2) is 4.39 Å². The van der Waals surface area contributed by atoms with Gasteiger partial charge in [-0.05, 0) is 69.3 Å². The number of benzene rings is 2. The molecule has 0 amide bonds. The maximum absolute atomic E-state index is 15.3. The lowest BCUT2D eigenvalue weighted by Gasteiger charge is -2.45. The highest BCUT2D eigenvalue weighted by molar-refractivity contribution is 6.30. The van der Waals surface area contributed by atoms with E-state index in [2.05, 4.69) is 48.6 Å².